The minimum atomic E-state index is -1.26. The summed E-state index contributed by atoms with van der Waals surface area (Å²) in [6.45, 7) is 4.91. The van der Waals surface area contributed by atoms with Crippen LogP contribution in [0.1, 0.15) is 5.56 Å². The van der Waals surface area contributed by atoms with Gasteiger partial charge in [-0.05, 0) is 41.0 Å². The third-order valence-corrected chi connectivity index (χ3v) is 5.31. The lowest BCUT2D eigenvalue weighted by molar-refractivity contribution is -0.134. The SMILES string of the molecule is COc1cccc(-c2cccc(CN3CCN(c4ncccn4)CC3)c2)c1.O=C(O)/C=C\C(=O)O. The first kappa shape index (κ1) is 25.4. The van der Waals surface area contributed by atoms with E-state index in [-0.39, 0.29) is 0 Å². The molecule has 2 N–H and O–H groups in total. The molecule has 0 radical (unpaired) electrons. The monoisotopic (exact) mass is 476 g/mol. The van der Waals surface area contributed by atoms with Crippen molar-refractivity contribution in [3.8, 4) is 16.9 Å². The van der Waals surface area contributed by atoms with Crippen LogP contribution >= 0.6 is 0 Å². The Morgan fingerprint density at radius 3 is 2.09 bits per heavy atom. The van der Waals surface area contributed by atoms with Gasteiger partial charge in [-0.1, -0.05) is 30.3 Å². The number of ether oxygens (including phenoxy) is 1. The molecule has 3 aromatic rings. The number of nitrogens with zero attached hydrogens (tertiary/aromatic N) is 4. The van der Waals surface area contributed by atoms with E-state index in [4.69, 9.17) is 14.9 Å². The number of methoxy groups -OCH3 is 1. The largest absolute Gasteiger partial charge is 0.497 e. The van der Waals surface area contributed by atoms with E-state index in [0.717, 1.165) is 44.4 Å². The predicted molar refractivity (Wildman–Crippen MR) is 132 cm³/mol. The highest BCUT2D eigenvalue weighted by molar-refractivity contribution is 5.89. The van der Waals surface area contributed by atoms with Crippen LogP contribution in [0.3, 0.4) is 0 Å². The van der Waals surface area contributed by atoms with Crippen molar-refractivity contribution >= 4 is 17.9 Å². The summed E-state index contributed by atoms with van der Waals surface area (Å²) in [5.41, 5.74) is 3.74. The molecule has 1 aromatic heterocycles. The minimum Gasteiger partial charge on any atom is -0.497 e. The van der Waals surface area contributed by atoms with Gasteiger partial charge in [-0.15, -0.1) is 0 Å². The third-order valence-electron chi connectivity index (χ3n) is 5.31. The number of hydrogen-bond acceptors (Lipinski definition) is 7. The van der Waals surface area contributed by atoms with Crippen molar-refractivity contribution < 1.29 is 24.5 Å². The number of aliphatic carboxylic acids is 2. The van der Waals surface area contributed by atoms with Crippen molar-refractivity contribution in [1.82, 2.24) is 14.9 Å². The summed E-state index contributed by atoms with van der Waals surface area (Å²) in [5, 5.41) is 15.6. The van der Waals surface area contributed by atoms with E-state index >= 15 is 0 Å². The maximum absolute atomic E-state index is 9.55. The van der Waals surface area contributed by atoms with Gasteiger partial charge in [-0.25, -0.2) is 19.6 Å². The van der Waals surface area contributed by atoms with Crippen LogP contribution in [0.2, 0.25) is 0 Å². The van der Waals surface area contributed by atoms with E-state index in [1.165, 1.54) is 16.7 Å². The molecule has 9 nitrogen and oxygen atoms in total. The number of carboxylic acid groups (broad SMARTS) is 2. The van der Waals surface area contributed by atoms with Crippen molar-refractivity contribution in [3.05, 3.63) is 84.7 Å². The molecule has 2 aromatic carbocycles. The van der Waals surface area contributed by atoms with Crippen molar-refractivity contribution in [1.29, 1.82) is 0 Å². The second-order valence-corrected chi connectivity index (χ2v) is 7.75. The molecule has 0 bridgehead atoms. The number of benzene rings is 2. The number of carboxylic acids is 2. The van der Waals surface area contributed by atoms with Gasteiger partial charge in [0.05, 0.1) is 7.11 Å². The zero-order chi connectivity index (χ0) is 25.0. The Morgan fingerprint density at radius 2 is 1.49 bits per heavy atom. The maximum Gasteiger partial charge on any atom is 0.328 e. The molecule has 0 unspecified atom stereocenters. The summed E-state index contributed by atoms with van der Waals surface area (Å²) in [6, 6.07) is 18.8. The highest BCUT2D eigenvalue weighted by Gasteiger charge is 2.18. The third kappa shape index (κ3) is 8.24. The lowest BCUT2D eigenvalue weighted by Gasteiger charge is -2.34. The molecule has 0 amide bonds. The molecule has 0 spiro atoms. The molecular weight excluding hydrogens is 448 g/mol. The Bertz CT molecular complexity index is 1130. The number of anilines is 1. The second-order valence-electron chi connectivity index (χ2n) is 7.75. The normalized spacial score (nSPS) is 13.7. The number of rotatable bonds is 7. The molecular formula is C26H28N4O5. The zero-order valence-electron chi connectivity index (χ0n) is 19.4. The van der Waals surface area contributed by atoms with Gasteiger partial charge in [-0.2, -0.15) is 0 Å². The van der Waals surface area contributed by atoms with Crippen molar-refractivity contribution in [2.24, 2.45) is 0 Å². The summed E-state index contributed by atoms with van der Waals surface area (Å²) in [6.07, 6.45) is 4.72. The number of piperazine rings is 1. The second kappa shape index (κ2) is 12.9. The van der Waals surface area contributed by atoms with Crippen LogP contribution in [0.15, 0.2) is 79.1 Å². The lowest BCUT2D eigenvalue weighted by atomic mass is 10.0. The van der Waals surface area contributed by atoms with E-state index < -0.39 is 11.9 Å². The smallest absolute Gasteiger partial charge is 0.328 e. The Kier molecular flexibility index (Phi) is 9.32. The summed E-state index contributed by atoms with van der Waals surface area (Å²) >= 11 is 0. The summed E-state index contributed by atoms with van der Waals surface area (Å²) in [7, 11) is 1.70. The first-order valence-electron chi connectivity index (χ1n) is 11.1. The summed E-state index contributed by atoms with van der Waals surface area (Å²) in [4.78, 5) is 32.6. The highest BCUT2D eigenvalue weighted by Crippen LogP contribution is 2.25. The predicted octanol–water partition coefficient (Wildman–Crippen LogP) is 3.19. The number of aromatic nitrogens is 2. The fourth-order valence-corrected chi connectivity index (χ4v) is 3.61. The van der Waals surface area contributed by atoms with Crippen LogP contribution in [0.5, 0.6) is 5.75 Å². The molecule has 2 heterocycles. The van der Waals surface area contributed by atoms with Crippen molar-refractivity contribution in [3.63, 3.8) is 0 Å². The Balaban J connectivity index is 0.000000371. The van der Waals surface area contributed by atoms with Crippen LogP contribution in [0.25, 0.3) is 11.1 Å². The molecule has 182 valence electrons. The van der Waals surface area contributed by atoms with E-state index in [2.05, 4.69) is 56.2 Å². The number of hydrogen-bond donors (Lipinski definition) is 2. The van der Waals surface area contributed by atoms with Crippen molar-refractivity contribution in [2.45, 2.75) is 6.54 Å². The van der Waals surface area contributed by atoms with E-state index in [1.807, 2.05) is 18.2 Å². The topological polar surface area (TPSA) is 116 Å². The molecule has 35 heavy (non-hydrogen) atoms. The highest BCUT2D eigenvalue weighted by atomic mass is 16.5. The quantitative estimate of drug-likeness (QED) is 0.496. The molecule has 4 rings (SSSR count). The molecule has 9 heteroatoms. The van der Waals surface area contributed by atoms with E-state index in [9.17, 15) is 9.59 Å². The van der Waals surface area contributed by atoms with Crippen LogP contribution in [-0.4, -0.2) is 70.3 Å². The Hall–Kier alpha value is -4.24. The first-order valence-corrected chi connectivity index (χ1v) is 11.1. The van der Waals surface area contributed by atoms with Crippen LogP contribution in [0, 0.1) is 0 Å². The van der Waals surface area contributed by atoms with Crippen molar-refractivity contribution in [2.75, 3.05) is 38.2 Å². The average molecular weight is 477 g/mol. The standard InChI is InChI=1S/C22H24N4O.C4H4O4/c1-27-21-8-3-7-20(16-21)19-6-2-5-18(15-19)17-25-11-13-26(14-12-25)22-23-9-4-10-24-22;5-3(6)1-2-4(7)8/h2-10,15-16H,11-14,17H2,1H3;1-2H,(H,5,6)(H,7,8)/b;2-1-. The van der Waals surface area contributed by atoms with Gasteiger partial charge in [0.1, 0.15) is 5.75 Å². The number of carbonyl (C=O) groups is 2. The summed E-state index contributed by atoms with van der Waals surface area (Å²) in [5.74, 6) is -0.797. The van der Waals surface area contributed by atoms with Gasteiger partial charge in [0.15, 0.2) is 0 Å². The summed E-state index contributed by atoms with van der Waals surface area (Å²) < 4.78 is 5.35. The van der Waals surface area contributed by atoms with E-state index in [0.29, 0.717) is 12.2 Å². The lowest BCUT2D eigenvalue weighted by Crippen LogP contribution is -2.46. The minimum absolute atomic E-state index is 0.558. The van der Waals surface area contributed by atoms with Gasteiger partial charge in [0.25, 0.3) is 0 Å². The molecule has 0 atom stereocenters. The van der Waals surface area contributed by atoms with Gasteiger partial charge >= 0.3 is 11.9 Å². The molecule has 1 aliphatic heterocycles. The van der Waals surface area contributed by atoms with E-state index in [1.54, 1.807) is 19.5 Å². The van der Waals surface area contributed by atoms with Crippen LogP contribution < -0.4 is 9.64 Å². The fourth-order valence-electron chi connectivity index (χ4n) is 3.61. The van der Waals surface area contributed by atoms with Crippen LogP contribution in [-0.2, 0) is 16.1 Å². The van der Waals surface area contributed by atoms with Gasteiger partial charge in [0.2, 0.25) is 5.95 Å². The maximum atomic E-state index is 9.55. The van der Waals surface area contributed by atoms with Gasteiger partial charge < -0.3 is 19.8 Å². The molecule has 0 saturated carbocycles. The fraction of sp³-hybridized carbons (Fsp3) is 0.231. The Labute approximate surface area is 203 Å². The van der Waals surface area contributed by atoms with Gasteiger partial charge in [0, 0.05) is 57.3 Å². The molecule has 1 aliphatic rings. The van der Waals surface area contributed by atoms with Gasteiger partial charge in [-0.3, -0.25) is 4.90 Å². The molecule has 0 aliphatic carbocycles. The molecule has 1 fully saturated rings. The molecule has 1 saturated heterocycles. The average Bonchev–Trinajstić information content (AvgIpc) is 2.89. The Morgan fingerprint density at radius 1 is 0.886 bits per heavy atom. The van der Waals surface area contributed by atoms with Crippen LogP contribution in [0.4, 0.5) is 5.95 Å². The first-order chi connectivity index (χ1) is 16.9. The zero-order valence-corrected chi connectivity index (χ0v) is 19.4.